The Morgan fingerprint density at radius 3 is 2.33 bits per heavy atom. The fraction of sp³-hybridized carbons (Fsp3) is 0.538. The minimum Gasteiger partial charge on any atom is -0.369 e. The molecule has 1 nitrogen and oxygen atoms in total. The molecule has 0 saturated heterocycles. The summed E-state index contributed by atoms with van der Waals surface area (Å²) in [6.45, 7) is 4.42. The number of alkyl halides is 4. The monoisotopic (exact) mass is 323 g/mol. The van der Waals surface area contributed by atoms with E-state index in [-0.39, 0.29) is 11.7 Å². The number of anilines is 1. The summed E-state index contributed by atoms with van der Waals surface area (Å²) in [6.07, 6.45) is -3.50. The van der Waals surface area contributed by atoms with Crippen LogP contribution in [0, 0.1) is 0 Å². The Bertz CT molecular complexity index is 377. The number of rotatable bonds is 5. The maximum Gasteiger partial charge on any atom is 0.418 e. The summed E-state index contributed by atoms with van der Waals surface area (Å²) < 4.78 is 38.9. The molecule has 0 N–H and O–H groups in total. The number of hydrogen-bond donors (Lipinski definition) is 0. The topological polar surface area (TPSA) is 3.24 Å². The lowest BCUT2D eigenvalue weighted by molar-refractivity contribution is -0.137. The molecule has 0 atom stereocenters. The van der Waals surface area contributed by atoms with E-state index in [1.807, 2.05) is 13.8 Å². The Kier molecular flexibility index (Phi) is 5.50. The van der Waals surface area contributed by atoms with Crippen molar-refractivity contribution in [3.63, 3.8) is 0 Å². The zero-order valence-corrected chi connectivity index (χ0v) is 12.1. The predicted molar refractivity (Wildman–Crippen MR) is 72.3 cm³/mol. The summed E-state index contributed by atoms with van der Waals surface area (Å²) >= 11 is 3.31. The van der Waals surface area contributed by atoms with Gasteiger partial charge in [0.15, 0.2) is 0 Å². The maximum absolute atomic E-state index is 13.0. The molecule has 0 saturated carbocycles. The highest BCUT2D eigenvalue weighted by Gasteiger charge is 2.34. The van der Waals surface area contributed by atoms with E-state index in [0.717, 1.165) is 17.8 Å². The average molecular weight is 324 g/mol. The van der Waals surface area contributed by atoms with Gasteiger partial charge in [0, 0.05) is 23.6 Å². The zero-order valence-electron chi connectivity index (χ0n) is 10.5. The number of halogens is 4. The van der Waals surface area contributed by atoms with E-state index in [1.165, 1.54) is 12.1 Å². The van der Waals surface area contributed by atoms with Gasteiger partial charge >= 0.3 is 6.18 Å². The third-order valence-electron chi connectivity index (χ3n) is 2.67. The first kappa shape index (κ1) is 15.3. The van der Waals surface area contributed by atoms with Crippen molar-refractivity contribution in [2.24, 2.45) is 0 Å². The van der Waals surface area contributed by atoms with Gasteiger partial charge in [-0.25, -0.2) is 0 Å². The van der Waals surface area contributed by atoms with Crippen molar-refractivity contribution in [1.29, 1.82) is 0 Å². The third kappa shape index (κ3) is 3.90. The van der Waals surface area contributed by atoms with E-state index < -0.39 is 11.7 Å². The van der Waals surface area contributed by atoms with Crippen molar-refractivity contribution in [1.82, 2.24) is 0 Å². The van der Waals surface area contributed by atoms with Crippen LogP contribution in [0.2, 0.25) is 0 Å². The molecule has 0 aliphatic heterocycles. The van der Waals surface area contributed by atoms with Crippen LogP contribution in [0.15, 0.2) is 24.3 Å². The lowest BCUT2D eigenvalue weighted by Gasteiger charge is -2.31. The first-order valence-electron chi connectivity index (χ1n) is 5.86. The number of nitrogens with zero attached hydrogens (tertiary/aromatic N) is 1. The van der Waals surface area contributed by atoms with Gasteiger partial charge in [0.1, 0.15) is 0 Å². The molecule has 1 aromatic carbocycles. The number of benzene rings is 1. The summed E-state index contributed by atoms with van der Waals surface area (Å²) in [6, 6.07) is 5.78. The fourth-order valence-corrected chi connectivity index (χ4v) is 2.10. The molecule has 1 aromatic rings. The molecular formula is C13H17BrF3N. The van der Waals surface area contributed by atoms with Crippen LogP contribution in [-0.4, -0.2) is 17.9 Å². The van der Waals surface area contributed by atoms with Crippen LogP contribution >= 0.6 is 15.9 Å². The summed E-state index contributed by atoms with van der Waals surface area (Å²) in [7, 11) is 0. The Morgan fingerprint density at radius 1 is 1.22 bits per heavy atom. The highest BCUT2D eigenvalue weighted by molar-refractivity contribution is 9.09. The van der Waals surface area contributed by atoms with Gasteiger partial charge < -0.3 is 4.90 Å². The SMILES string of the molecule is CC(C)N(CCCBr)c1ccccc1C(F)(F)F. The number of para-hydroxylation sites is 1. The van der Waals surface area contributed by atoms with Gasteiger partial charge in [-0.3, -0.25) is 0 Å². The van der Waals surface area contributed by atoms with E-state index >= 15 is 0 Å². The van der Waals surface area contributed by atoms with Crippen LogP contribution in [0.5, 0.6) is 0 Å². The molecule has 0 spiro atoms. The third-order valence-corrected chi connectivity index (χ3v) is 3.24. The second-order valence-corrected chi connectivity index (χ2v) is 5.14. The molecule has 0 amide bonds. The molecule has 1 rings (SSSR count). The van der Waals surface area contributed by atoms with Crippen LogP contribution in [-0.2, 0) is 6.18 Å². The predicted octanol–water partition coefficient (Wildman–Crippen LogP) is 4.71. The summed E-state index contributed by atoms with van der Waals surface area (Å²) in [5, 5.41) is 0.782. The summed E-state index contributed by atoms with van der Waals surface area (Å²) in [5.74, 6) is 0. The minimum atomic E-state index is -4.31. The molecule has 0 aliphatic rings. The molecule has 0 heterocycles. The molecule has 0 aliphatic carbocycles. The van der Waals surface area contributed by atoms with Crippen LogP contribution in [0.1, 0.15) is 25.8 Å². The largest absolute Gasteiger partial charge is 0.418 e. The van der Waals surface area contributed by atoms with Crippen molar-refractivity contribution in [2.45, 2.75) is 32.5 Å². The van der Waals surface area contributed by atoms with Gasteiger partial charge in [0.2, 0.25) is 0 Å². The summed E-state index contributed by atoms with van der Waals surface area (Å²) in [4.78, 5) is 1.80. The Labute approximate surface area is 114 Å². The molecule has 0 radical (unpaired) electrons. The minimum absolute atomic E-state index is 0.0348. The van der Waals surface area contributed by atoms with Crippen LogP contribution < -0.4 is 4.90 Å². The Balaban J connectivity index is 3.11. The van der Waals surface area contributed by atoms with E-state index in [9.17, 15) is 13.2 Å². The maximum atomic E-state index is 13.0. The van der Waals surface area contributed by atoms with Crippen molar-refractivity contribution in [3.05, 3.63) is 29.8 Å². The lowest BCUT2D eigenvalue weighted by atomic mass is 10.1. The smallest absolute Gasteiger partial charge is 0.369 e. The lowest BCUT2D eigenvalue weighted by Crippen LogP contribution is -2.33. The average Bonchev–Trinajstić information content (AvgIpc) is 2.28. The molecule has 0 bridgehead atoms. The molecule has 0 aromatic heterocycles. The zero-order chi connectivity index (χ0) is 13.8. The first-order valence-corrected chi connectivity index (χ1v) is 6.99. The molecule has 0 fully saturated rings. The second-order valence-electron chi connectivity index (χ2n) is 4.34. The quantitative estimate of drug-likeness (QED) is 0.709. The van der Waals surface area contributed by atoms with Crippen LogP contribution in [0.4, 0.5) is 18.9 Å². The number of hydrogen-bond acceptors (Lipinski definition) is 1. The van der Waals surface area contributed by atoms with Gasteiger partial charge in [-0.15, -0.1) is 0 Å². The van der Waals surface area contributed by atoms with Crippen molar-refractivity contribution >= 4 is 21.6 Å². The van der Waals surface area contributed by atoms with Gasteiger partial charge in [0.05, 0.1) is 5.56 Å². The standard InChI is InChI=1S/C13H17BrF3N/c1-10(2)18(9-5-8-14)12-7-4-3-6-11(12)13(15,16)17/h3-4,6-7,10H,5,8-9H2,1-2H3. The van der Waals surface area contributed by atoms with Gasteiger partial charge in [-0.2, -0.15) is 13.2 Å². The molecule has 18 heavy (non-hydrogen) atoms. The Hall–Kier alpha value is -0.710. The molecule has 5 heteroatoms. The van der Waals surface area contributed by atoms with Crippen molar-refractivity contribution in [3.8, 4) is 0 Å². The molecular weight excluding hydrogens is 307 g/mol. The van der Waals surface area contributed by atoms with E-state index in [1.54, 1.807) is 11.0 Å². The van der Waals surface area contributed by atoms with Crippen LogP contribution in [0.3, 0.4) is 0 Å². The normalized spacial score (nSPS) is 11.9. The van der Waals surface area contributed by atoms with Crippen molar-refractivity contribution < 1.29 is 13.2 Å². The second kappa shape index (κ2) is 6.45. The molecule has 0 unspecified atom stereocenters. The highest BCUT2D eigenvalue weighted by Crippen LogP contribution is 2.37. The highest BCUT2D eigenvalue weighted by atomic mass is 79.9. The summed E-state index contributed by atoms with van der Waals surface area (Å²) in [5.41, 5.74) is -0.297. The van der Waals surface area contributed by atoms with Gasteiger partial charge in [0.25, 0.3) is 0 Å². The molecule has 102 valence electrons. The van der Waals surface area contributed by atoms with E-state index in [0.29, 0.717) is 6.54 Å². The van der Waals surface area contributed by atoms with E-state index in [4.69, 9.17) is 0 Å². The van der Waals surface area contributed by atoms with E-state index in [2.05, 4.69) is 15.9 Å². The fourth-order valence-electron chi connectivity index (χ4n) is 1.85. The first-order chi connectivity index (χ1) is 8.38. The van der Waals surface area contributed by atoms with Crippen LogP contribution in [0.25, 0.3) is 0 Å². The van der Waals surface area contributed by atoms with Gasteiger partial charge in [-0.05, 0) is 32.4 Å². The van der Waals surface area contributed by atoms with Gasteiger partial charge in [-0.1, -0.05) is 28.1 Å². The Morgan fingerprint density at radius 2 is 1.83 bits per heavy atom. The van der Waals surface area contributed by atoms with Crippen molar-refractivity contribution in [2.75, 3.05) is 16.8 Å².